The van der Waals surface area contributed by atoms with Gasteiger partial charge in [-0.15, -0.1) is 0 Å². The Bertz CT molecular complexity index is 876. The van der Waals surface area contributed by atoms with Gasteiger partial charge in [0.05, 0.1) is 11.5 Å². The molecule has 0 fully saturated rings. The van der Waals surface area contributed by atoms with Crippen LogP contribution in [0.1, 0.15) is 75.3 Å². The largest absolute Gasteiger partial charge is 0.461 e. The summed E-state index contributed by atoms with van der Waals surface area (Å²) < 4.78 is 34.6. The quantitative estimate of drug-likeness (QED) is 0.166. The fourth-order valence-electron chi connectivity index (χ4n) is 3.36. The predicted molar refractivity (Wildman–Crippen MR) is 127 cm³/mol. The van der Waals surface area contributed by atoms with Crippen LogP contribution >= 0.6 is 0 Å². The van der Waals surface area contributed by atoms with Gasteiger partial charge in [-0.3, -0.25) is 8.98 Å². The zero-order valence-corrected chi connectivity index (χ0v) is 19.9. The lowest BCUT2D eigenvalue weighted by molar-refractivity contribution is -0.145. The highest BCUT2D eigenvalue weighted by atomic mass is 32.2. The van der Waals surface area contributed by atoms with Crippen LogP contribution in [0.2, 0.25) is 0 Å². The Morgan fingerprint density at radius 1 is 0.750 bits per heavy atom. The van der Waals surface area contributed by atoms with Gasteiger partial charge in [0.1, 0.15) is 6.61 Å². The van der Waals surface area contributed by atoms with E-state index in [1.165, 1.54) is 6.42 Å². The average molecular weight is 461 g/mol. The maximum atomic E-state index is 12.1. The fraction of sp³-hybridized carbons (Fsp3) is 0.500. The van der Waals surface area contributed by atoms with E-state index in [1.54, 1.807) is 24.3 Å². The van der Waals surface area contributed by atoms with E-state index in [9.17, 15) is 13.2 Å². The van der Waals surface area contributed by atoms with Crippen LogP contribution in [0.3, 0.4) is 0 Å². The molecule has 0 unspecified atom stereocenters. The van der Waals surface area contributed by atoms with E-state index < -0.39 is 10.1 Å². The summed E-state index contributed by atoms with van der Waals surface area (Å²) >= 11 is 0. The third-order valence-electron chi connectivity index (χ3n) is 5.32. The molecular formula is C26H36O5S. The van der Waals surface area contributed by atoms with Gasteiger partial charge in [0.15, 0.2) is 0 Å². The lowest BCUT2D eigenvalue weighted by Gasteiger charge is -2.06. The monoisotopic (exact) mass is 460 g/mol. The lowest BCUT2D eigenvalue weighted by atomic mass is 10.1. The van der Waals surface area contributed by atoms with Crippen LogP contribution in [-0.2, 0) is 30.4 Å². The van der Waals surface area contributed by atoms with Crippen LogP contribution < -0.4 is 0 Å². The highest BCUT2D eigenvalue weighted by molar-refractivity contribution is 7.86. The van der Waals surface area contributed by atoms with Gasteiger partial charge in [-0.05, 0) is 37.5 Å². The summed E-state index contributed by atoms with van der Waals surface area (Å²) in [6, 6.07) is 16.4. The van der Waals surface area contributed by atoms with Crippen LogP contribution in [0.25, 0.3) is 0 Å². The zero-order valence-electron chi connectivity index (χ0n) is 19.1. The van der Waals surface area contributed by atoms with Crippen molar-refractivity contribution in [3.8, 4) is 0 Å². The first-order valence-electron chi connectivity index (χ1n) is 11.6. The molecule has 0 radical (unpaired) electrons. The third kappa shape index (κ3) is 10.9. The van der Waals surface area contributed by atoms with Gasteiger partial charge in [0.25, 0.3) is 10.1 Å². The number of benzene rings is 2. The summed E-state index contributed by atoms with van der Waals surface area (Å²) in [5.74, 6) is -0.125. The van der Waals surface area contributed by atoms with Gasteiger partial charge >= 0.3 is 5.97 Å². The molecule has 0 aliphatic carbocycles. The van der Waals surface area contributed by atoms with Gasteiger partial charge in [-0.1, -0.05) is 93.0 Å². The van der Waals surface area contributed by atoms with Crippen molar-refractivity contribution in [1.29, 1.82) is 0 Å². The molecule has 32 heavy (non-hydrogen) atoms. The van der Waals surface area contributed by atoms with Crippen molar-refractivity contribution in [2.75, 3.05) is 6.61 Å². The van der Waals surface area contributed by atoms with E-state index in [4.69, 9.17) is 8.92 Å². The van der Waals surface area contributed by atoms with Crippen molar-refractivity contribution in [2.24, 2.45) is 0 Å². The number of hydrogen-bond acceptors (Lipinski definition) is 5. The maximum absolute atomic E-state index is 12.1. The number of rotatable bonds is 16. The minimum Gasteiger partial charge on any atom is -0.461 e. The second-order valence-corrected chi connectivity index (χ2v) is 9.78. The number of carbonyl (C=O) groups is 1. The highest BCUT2D eigenvalue weighted by Gasteiger charge is 2.14. The van der Waals surface area contributed by atoms with E-state index in [0.29, 0.717) is 13.0 Å². The Balaban J connectivity index is 1.38. The number of carbonyl (C=O) groups excluding carboxylic acids is 1. The molecule has 2 aromatic rings. The molecule has 0 N–H and O–H groups in total. The second-order valence-electron chi connectivity index (χ2n) is 8.17. The Hall–Kier alpha value is -2.18. The van der Waals surface area contributed by atoms with E-state index in [2.05, 4.69) is 0 Å². The molecule has 0 spiro atoms. The Morgan fingerprint density at radius 3 is 1.94 bits per heavy atom. The van der Waals surface area contributed by atoms with Crippen LogP contribution in [0, 0.1) is 6.92 Å². The smallest absolute Gasteiger partial charge is 0.306 e. The average Bonchev–Trinajstić information content (AvgIpc) is 2.79. The number of esters is 1. The normalized spacial score (nSPS) is 11.4. The summed E-state index contributed by atoms with van der Waals surface area (Å²) in [5, 5.41) is 0. The molecule has 2 aromatic carbocycles. The standard InChI is InChI=1S/C26H36O5S/c1-23-17-19-25(20-18-23)32(28,29)31-21-13-8-6-4-2-3-5-7-12-16-26(27)30-22-24-14-10-9-11-15-24/h9-11,14-15,17-20H,2-8,12-13,16,21-22H2,1H3. The van der Waals surface area contributed by atoms with Crippen molar-refractivity contribution in [1.82, 2.24) is 0 Å². The van der Waals surface area contributed by atoms with Gasteiger partial charge < -0.3 is 4.74 Å². The molecular weight excluding hydrogens is 424 g/mol. The van der Waals surface area contributed by atoms with Crippen molar-refractivity contribution in [2.45, 2.75) is 82.6 Å². The van der Waals surface area contributed by atoms with Crippen LogP contribution in [0.5, 0.6) is 0 Å². The molecule has 0 aliphatic heterocycles. The van der Waals surface area contributed by atoms with Crippen molar-refractivity contribution in [3.63, 3.8) is 0 Å². The van der Waals surface area contributed by atoms with Crippen LogP contribution in [0.4, 0.5) is 0 Å². The number of aryl methyl sites for hydroxylation is 1. The maximum Gasteiger partial charge on any atom is 0.306 e. The van der Waals surface area contributed by atoms with Gasteiger partial charge in [0.2, 0.25) is 0 Å². The summed E-state index contributed by atoms with van der Waals surface area (Å²) in [5.41, 5.74) is 2.03. The summed E-state index contributed by atoms with van der Waals surface area (Å²) in [6.45, 7) is 2.50. The lowest BCUT2D eigenvalue weighted by Crippen LogP contribution is -2.07. The molecule has 0 amide bonds. The first-order valence-corrected chi connectivity index (χ1v) is 13.0. The number of unbranched alkanes of at least 4 members (excludes halogenated alkanes) is 8. The Morgan fingerprint density at radius 2 is 1.31 bits per heavy atom. The number of ether oxygens (including phenoxy) is 1. The highest BCUT2D eigenvalue weighted by Crippen LogP contribution is 2.15. The van der Waals surface area contributed by atoms with E-state index in [0.717, 1.165) is 62.5 Å². The minimum absolute atomic E-state index is 0.125. The molecule has 0 bridgehead atoms. The molecule has 2 rings (SSSR count). The molecule has 0 atom stereocenters. The molecule has 0 saturated carbocycles. The summed E-state index contributed by atoms with van der Waals surface area (Å²) in [4.78, 5) is 12.0. The minimum atomic E-state index is -3.64. The van der Waals surface area contributed by atoms with E-state index in [-0.39, 0.29) is 17.5 Å². The molecule has 0 saturated heterocycles. The molecule has 0 aromatic heterocycles. The van der Waals surface area contributed by atoms with Crippen LogP contribution in [0.15, 0.2) is 59.5 Å². The molecule has 6 heteroatoms. The topological polar surface area (TPSA) is 69.7 Å². The molecule has 176 valence electrons. The Kier molecular flexibility index (Phi) is 12.1. The van der Waals surface area contributed by atoms with Crippen molar-refractivity contribution in [3.05, 3.63) is 65.7 Å². The Labute approximate surface area is 193 Å². The van der Waals surface area contributed by atoms with E-state index >= 15 is 0 Å². The first-order chi connectivity index (χ1) is 15.5. The summed E-state index contributed by atoms with van der Waals surface area (Å²) in [6.07, 6.45) is 9.81. The summed E-state index contributed by atoms with van der Waals surface area (Å²) in [7, 11) is -3.64. The SMILES string of the molecule is Cc1ccc(S(=O)(=O)OCCCCCCCCCCCC(=O)OCc2ccccc2)cc1. The van der Waals surface area contributed by atoms with E-state index in [1.807, 2.05) is 37.3 Å². The fourth-order valence-corrected chi connectivity index (χ4v) is 4.30. The first kappa shape index (κ1) is 26.1. The van der Waals surface area contributed by atoms with Gasteiger partial charge in [-0.2, -0.15) is 8.42 Å². The van der Waals surface area contributed by atoms with Gasteiger partial charge in [0, 0.05) is 6.42 Å². The number of hydrogen-bond donors (Lipinski definition) is 0. The second kappa shape index (κ2) is 14.8. The third-order valence-corrected chi connectivity index (χ3v) is 6.64. The van der Waals surface area contributed by atoms with Crippen molar-refractivity contribution < 1.29 is 22.1 Å². The van der Waals surface area contributed by atoms with Crippen LogP contribution in [-0.4, -0.2) is 21.0 Å². The van der Waals surface area contributed by atoms with Gasteiger partial charge in [-0.25, -0.2) is 0 Å². The zero-order chi connectivity index (χ0) is 23.1. The molecule has 5 nitrogen and oxygen atoms in total. The molecule has 0 aliphatic rings. The van der Waals surface area contributed by atoms with Crippen molar-refractivity contribution >= 4 is 16.1 Å². The predicted octanol–water partition coefficient (Wildman–Crippen LogP) is 6.34. The molecule has 0 heterocycles.